The number of hydrogen-bond acceptors (Lipinski definition) is 3. The van der Waals surface area contributed by atoms with E-state index in [4.69, 9.17) is 0 Å². The van der Waals surface area contributed by atoms with Crippen molar-refractivity contribution in [3.63, 3.8) is 0 Å². The van der Waals surface area contributed by atoms with Gasteiger partial charge >= 0.3 is 0 Å². The average Bonchev–Trinajstić information content (AvgIpc) is 3.06. The van der Waals surface area contributed by atoms with Crippen LogP contribution in [0.25, 0.3) is 0 Å². The molecule has 0 unspecified atom stereocenters. The fraction of sp³-hybridized carbons (Fsp3) is 0.765. The third kappa shape index (κ3) is 3.66. The number of nitrogens with one attached hydrogen (secondary N) is 2. The van der Waals surface area contributed by atoms with Crippen LogP contribution in [0.1, 0.15) is 71.5 Å². The van der Waals surface area contributed by atoms with E-state index < -0.39 is 0 Å². The molecule has 2 N–H and O–H groups in total. The third-order valence-electron chi connectivity index (χ3n) is 4.63. The van der Waals surface area contributed by atoms with Gasteiger partial charge in [-0.1, -0.05) is 27.7 Å². The lowest BCUT2D eigenvalue weighted by Gasteiger charge is -2.45. The summed E-state index contributed by atoms with van der Waals surface area (Å²) in [6, 6.07) is 1.99. The molecule has 2 aliphatic carbocycles. The second kappa shape index (κ2) is 4.85. The number of aromatic nitrogens is 2. The zero-order chi connectivity index (χ0) is 15.3. The second-order valence-corrected chi connectivity index (χ2v) is 8.54. The summed E-state index contributed by atoms with van der Waals surface area (Å²) >= 11 is 0. The zero-order valence-corrected chi connectivity index (χ0v) is 13.6. The van der Waals surface area contributed by atoms with Crippen LogP contribution in [0.5, 0.6) is 0 Å². The van der Waals surface area contributed by atoms with Crippen LogP contribution >= 0.6 is 0 Å². The molecule has 2 aliphatic rings. The molecule has 2 fully saturated rings. The molecule has 0 amide bonds. The van der Waals surface area contributed by atoms with E-state index in [9.17, 15) is 4.79 Å². The van der Waals surface area contributed by atoms with Crippen LogP contribution in [-0.2, 0) is 0 Å². The highest BCUT2D eigenvalue weighted by atomic mass is 16.1. The highest BCUT2D eigenvalue weighted by Crippen LogP contribution is 2.46. The standard InChI is InChI=1S/C17H27N3O/c1-16(2)8-12(9-17(3,4)10-16)18-13-7-14(21)20-15(19-13)11-5-6-11/h7,11-12H,5-6,8-10H2,1-4H3,(H2,18,19,20,21). The van der Waals surface area contributed by atoms with Crippen molar-refractivity contribution < 1.29 is 0 Å². The van der Waals surface area contributed by atoms with E-state index in [1.54, 1.807) is 6.07 Å². The molecule has 116 valence electrons. The van der Waals surface area contributed by atoms with Crippen LogP contribution in [0.15, 0.2) is 10.9 Å². The minimum absolute atomic E-state index is 0.0382. The number of H-pyrrole nitrogens is 1. The Bertz CT molecular complexity index is 568. The van der Waals surface area contributed by atoms with Gasteiger partial charge in [-0.2, -0.15) is 0 Å². The number of rotatable bonds is 3. The molecule has 3 rings (SSSR count). The zero-order valence-electron chi connectivity index (χ0n) is 13.6. The average molecular weight is 289 g/mol. The number of anilines is 1. The Kier molecular flexibility index (Phi) is 3.38. The Morgan fingerprint density at radius 1 is 1.19 bits per heavy atom. The van der Waals surface area contributed by atoms with Crippen LogP contribution in [0, 0.1) is 10.8 Å². The van der Waals surface area contributed by atoms with Crippen molar-refractivity contribution in [3.8, 4) is 0 Å². The normalized spacial score (nSPS) is 24.8. The molecular weight excluding hydrogens is 262 g/mol. The fourth-order valence-electron chi connectivity index (χ4n) is 4.26. The summed E-state index contributed by atoms with van der Waals surface area (Å²) < 4.78 is 0. The Morgan fingerprint density at radius 2 is 1.81 bits per heavy atom. The summed E-state index contributed by atoms with van der Waals surface area (Å²) in [5, 5.41) is 3.52. The van der Waals surface area contributed by atoms with E-state index in [-0.39, 0.29) is 5.56 Å². The van der Waals surface area contributed by atoms with Crippen LogP contribution in [0.2, 0.25) is 0 Å². The number of aromatic amines is 1. The molecule has 2 saturated carbocycles. The van der Waals surface area contributed by atoms with E-state index in [0.29, 0.717) is 22.8 Å². The van der Waals surface area contributed by atoms with Crippen molar-refractivity contribution >= 4 is 5.82 Å². The van der Waals surface area contributed by atoms with E-state index >= 15 is 0 Å². The van der Waals surface area contributed by atoms with E-state index in [1.807, 2.05) is 0 Å². The molecule has 0 atom stereocenters. The Hall–Kier alpha value is -1.32. The van der Waals surface area contributed by atoms with Gasteiger partial charge in [0.15, 0.2) is 0 Å². The SMILES string of the molecule is CC1(C)CC(Nc2cc(=O)[nH]c(C3CC3)n2)CC(C)(C)C1. The van der Waals surface area contributed by atoms with Crippen LogP contribution in [0.3, 0.4) is 0 Å². The van der Waals surface area contributed by atoms with Gasteiger partial charge in [0.2, 0.25) is 0 Å². The summed E-state index contributed by atoms with van der Waals surface area (Å²) in [7, 11) is 0. The van der Waals surface area contributed by atoms with Crippen LogP contribution in [-0.4, -0.2) is 16.0 Å². The highest BCUT2D eigenvalue weighted by molar-refractivity contribution is 5.35. The molecule has 0 saturated heterocycles. The molecule has 0 bridgehead atoms. The molecule has 1 heterocycles. The lowest BCUT2D eigenvalue weighted by molar-refractivity contribution is 0.105. The van der Waals surface area contributed by atoms with Crippen molar-refractivity contribution in [1.82, 2.24) is 9.97 Å². The molecule has 0 spiro atoms. The minimum Gasteiger partial charge on any atom is -0.367 e. The molecule has 0 aliphatic heterocycles. The molecule has 0 aromatic carbocycles. The Balaban J connectivity index is 1.78. The molecule has 21 heavy (non-hydrogen) atoms. The summed E-state index contributed by atoms with van der Waals surface area (Å²) in [6.45, 7) is 9.35. The van der Waals surface area contributed by atoms with E-state index in [2.05, 4.69) is 43.0 Å². The monoisotopic (exact) mass is 289 g/mol. The Morgan fingerprint density at radius 3 is 2.38 bits per heavy atom. The van der Waals surface area contributed by atoms with E-state index in [1.165, 1.54) is 6.42 Å². The largest absolute Gasteiger partial charge is 0.367 e. The predicted molar refractivity (Wildman–Crippen MR) is 85.7 cm³/mol. The number of hydrogen-bond donors (Lipinski definition) is 2. The predicted octanol–water partition coefficient (Wildman–Crippen LogP) is 3.66. The first-order valence-corrected chi connectivity index (χ1v) is 8.10. The Labute approximate surface area is 126 Å². The van der Waals surface area contributed by atoms with Gasteiger partial charge < -0.3 is 10.3 Å². The molecular formula is C17H27N3O. The van der Waals surface area contributed by atoms with Gasteiger partial charge in [-0.15, -0.1) is 0 Å². The topological polar surface area (TPSA) is 57.8 Å². The summed E-state index contributed by atoms with van der Waals surface area (Å²) in [6.07, 6.45) is 5.80. The van der Waals surface area contributed by atoms with Crippen LogP contribution in [0.4, 0.5) is 5.82 Å². The highest BCUT2D eigenvalue weighted by Gasteiger charge is 2.38. The van der Waals surface area contributed by atoms with Crippen LogP contribution < -0.4 is 10.9 Å². The van der Waals surface area contributed by atoms with Gasteiger partial charge in [0.1, 0.15) is 11.6 Å². The van der Waals surface area contributed by atoms with Gasteiger partial charge in [-0.3, -0.25) is 4.79 Å². The molecule has 1 aromatic heterocycles. The summed E-state index contributed by atoms with van der Waals surface area (Å²) in [5.74, 6) is 2.08. The lowest BCUT2D eigenvalue weighted by atomic mass is 9.63. The van der Waals surface area contributed by atoms with Gasteiger partial charge in [0.25, 0.3) is 5.56 Å². The maximum absolute atomic E-state index is 11.8. The summed E-state index contributed by atoms with van der Waals surface area (Å²) in [5.41, 5.74) is 0.628. The number of nitrogens with zero attached hydrogens (tertiary/aromatic N) is 1. The van der Waals surface area contributed by atoms with Gasteiger partial charge in [-0.05, 0) is 42.9 Å². The smallest absolute Gasteiger partial charge is 0.252 e. The molecule has 0 radical (unpaired) electrons. The molecule has 4 nitrogen and oxygen atoms in total. The maximum Gasteiger partial charge on any atom is 0.252 e. The second-order valence-electron chi connectivity index (χ2n) is 8.54. The van der Waals surface area contributed by atoms with Gasteiger partial charge in [0, 0.05) is 18.0 Å². The van der Waals surface area contributed by atoms with Crippen molar-refractivity contribution in [2.24, 2.45) is 10.8 Å². The first-order valence-electron chi connectivity index (χ1n) is 8.10. The molecule has 4 heteroatoms. The van der Waals surface area contributed by atoms with Gasteiger partial charge in [0.05, 0.1) is 0 Å². The lowest BCUT2D eigenvalue weighted by Crippen LogP contribution is -2.40. The van der Waals surface area contributed by atoms with Crippen molar-refractivity contribution in [2.45, 2.75) is 71.8 Å². The maximum atomic E-state index is 11.8. The molecule has 1 aromatic rings. The van der Waals surface area contributed by atoms with Gasteiger partial charge in [-0.25, -0.2) is 4.98 Å². The quantitative estimate of drug-likeness (QED) is 0.892. The third-order valence-corrected chi connectivity index (χ3v) is 4.63. The minimum atomic E-state index is -0.0382. The van der Waals surface area contributed by atoms with Crippen molar-refractivity contribution in [3.05, 3.63) is 22.2 Å². The first kappa shape index (κ1) is 14.6. The van der Waals surface area contributed by atoms with E-state index in [0.717, 1.165) is 37.3 Å². The summed E-state index contributed by atoms with van der Waals surface area (Å²) in [4.78, 5) is 19.3. The van der Waals surface area contributed by atoms with Crippen molar-refractivity contribution in [2.75, 3.05) is 5.32 Å². The first-order chi connectivity index (χ1) is 9.72. The van der Waals surface area contributed by atoms with Crippen molar-refractivity contribution in [1.29, 1.82) is 0 Å². The fourth-order valence-corrected chi connectivity index (χ4v) is 4.26.